The van der Waals surface area contributed by atoms with E-state index in [1.165, 1.54) is 29.4 Å². The van der Waals surface area contributed by atoms with Gasteiger partial charge in [0.05, 0.1) is 18.2 Å². The quantitative estimate of drug-likeness (QED) is 0.897. The Kier molecular flexibility index (Phi) is 3.65. The number of hydrogen-bond acceptors (Lipinski definition) is 4. The average molecular weight is 293 g/mol. The van der Waals surface area contributed by atoms with E-state index < -0.39 is 5.82 Å². The molecule has 0 saturated carbocycles. The molecule has 1 amide bonds. The van der Waals surface area contributed by atoms with Gasteiger partial charge in [-0.05, 0) is 24.6 Å². The lowest BCUT2D eigenvalue weighted by Gasteiger charge is -2.22. The van der Waals surface area contributed by atoms with Gasteiger partial charge in [-0.15, -0.1) is 0 Å². The first kappa shape index (κ1) is 14.0. The molecule has 112 valence electrons. The van der Waals surface area contributed by atoms with Crippen LogP contribution in [0, 0.1) is 11.7 Å². The Morgan fingerprint density at radius 1 is 1.38 bits per heavy atom. The van der Waals surface area contributed by atoms with Crippen LogP contribution in [0.15, 0.2) is 28.9 Å². The number of furan rings is 1. The molecule has 21 heavy (non-hydrogen) atoms. The minimum atomic E-state index is -0.439. The number of fused-ring (bicyclic) bond motifs is 1. The van der Waals surface area contributed by atoms with Crippen molar-refractivity contribution in [2.75, 3.05) is 19.8 Å². The highest BCUT2D eigenvalue weighted by atomic mass is 19.1. The molecule has 0 bridgehead atoms. The minimum Gasteiger partial charge on any atom is -0.463 e. The largest absolute Gasteiger partial charge is 0.463 e. The van der Waals surface area contributed by atoms with Crippen molar-refractivity contribution < 1.29 is 23.8 Å². The predicted octanol–water partition coefficient (Wildman–Crippen LogP) is 1.39. The van der Waals surface area contributed by atoms with Gasteiger partial charge in [0.15, 0.2) is 0 Å². The van der Waals surface area contributed by atoms with Crippen molar-refractivity contribution in [3.63, 3.8) is 0 Å². The monoisotopic (exact) mass is 293 g/mol. The third-order valence-corrected chi connectivity index (χ3v) is 4.00. The van der Waals surface area contributed by atoms with Crippen molar-refractivity contribution in [2.24, 2.45) is 5.92 Å². The fourth-order valence-electron chi connectivity index (χ4n) is 2.89. The second-order valence-corrected chi connectivity index (χ2v) is 5.37. The van der Waals surface area contributed by atoms with Crippen LogP contribution in [0.3, 0.4) is 0 Å². The van der Waals surface area contributed by atoms with Gasteiger partial charge in [0.1, 0.15) is 17.7 Å². The molecule has 1 saturated heterocycles. The van der Waals surface area contributed by atoms with E-state index in [4.69, 9.17) is 4.42 Å². The smallest absolute Gasteiger partial charge is 0.258 e. The maximum absolute atomic E-state index is 13.4. The normalized spacial score (nSPS) is 22.1. The number of benzene rings is 1. The standard InChI is InChI=1S/C15H16FNO4/c16-10-1-2-14-12(4-10)13(8-21-14)15(20)17-5-9(6-18)3-11(17)7-19/h1-2,4,8-9,11,18-19H,3,5-7H2. The summed E-state index contributed by atoms with van der Waals surface area (Å²) in [7, 11) is 0. The Morgan fingerprint density at radius 2 is 2.19 bits per heavy atom. The lowest BCUT2D eigenvalue weighted by molar-refractivity contribution is 0.0673. The van der Waals surface area contributed by atoms with Crippen LogP contribution in [0.5, 0.6) is 0 Å². The zero-order chi connectivity index (χ0) is 15.0. The minimum absolute atomic E-state index is 0.0267. The van der Waals surface area contributed by atoms with Gasteiger partial charge in [-0.3, -0.25) is 4.79 Å². The van der Waals surface area contributed by atoms with Crippen LogP contribution >= 0.6 is 0 Å². The number of aliphatic hydroxyl groups excluding tert-OH is 2. The van der Waals surface area contributed by atoms with Crippen molar-refractivity contribution in [1.82, 2.24) is 4.90 Å². The van der Waals surface area contributed by atoms with E-state index in [-0.39, 0.29) is 36.6 Å². The molecule has 2 aromatic rings. The lowest BCUT2D eigenvalue weighted by atomic mass is 10.1. The first-order valence-corrected chi connectivity index (χ1v) is 6.83. The number of carbonyl (C=O) groups excluding carboxylic acids is 1. The Hall–Kier alpha value is -1.92. The first-order chi connectivity index (χ1) is 10.1. The number of carbonyl (C=O) groups is 1. The molecule has 3 rings (SSSR count). The molecular weight excluding hydrogens is 277 g/mol. The summed E-state index contributed by atoms with van der Waals surface area (Å²) in [5, 5.41) is 19.0. The highest BCUT2D eigenvalue weighted by Gasteiger charge is 2.35. The zero-order valence-electron chi connectivity index (χ0n) is 11.3. The van der Waals surface area contributed by atoms with E-state index in [9.17, 15) is 19.4 Å². The summed E-state index contributed by atoms with van der Waals surface area (Å²) in [6.45, 7) is 0.190. The average Bonchev–Trinajstić information content (AvgIpc) is 3.09. The van der Waals surface area contributed by atoms with Gasteiger partial charge in [-0.1, -0.05) is 0 Å². The van der Waals surface area contributed by atoms with E-state index in [1.54, 1.807) is 0 Å². The van der Waals surface area contributed by atoms with Gasteiger partial charge in [-0.25, -0.2) is 4.39 Å². The van der Waals surface area contributed by atoms with Crippen molar-refractivity contribution in [1.29, 1.82) is 0 Å². The summed E-state index contributed by atoms with van der Waals surface area (Å²) >= 11 is 0. The first-order valence-electron chi connectivity index (χ1n) is 6.83. The van der Waals surface area contributed by atoms with Crippen LogP contribution in [0.1, 0.15) is 16.8 Å². The molecule has 1 fully saturated rings. The fraction of sp³-hybridized carbons (Fsp3) is 0.400. The Balaban J connectivity index is 1.95. The van der Waals surface area contributed by atoms with E-state index in [2.05, 4.69) is 0 Å². The molecule has 1 aliphatic rings. The molecule has 0 radical (unpaired) electrons. The number of amides is 1. The van der Waals surface area contributed by atoms with Crippen molar-refractivity contribution in [3.8, 4) is 0 Å². The third kappa shape index (κ3) is 2.41. The maximum atomic E-state index is 13.4. The Labute approximate surface area is 120 Å². The Bertz CT molecular complexity index is 669. The maximum Gasteiger partial charge on any atom is 0.258 e. The molecule has 1 aromatic carbocycles. The Morgan fingerprint density at radius 3 is 2.90 bits per heavy atom. The zero-order valence-corrected chi connectivity index (χ0v) is 11.3. The topological polar surface area (TPSA) is 73.9 Å². The SMILES string of the molecule is O=C(c1coc2ccc(F)cc12)N1CC(CO)CC1CO. The van der Waals surface area contributed by atoms with Crippen molar-refractivity contribution in [3.05, 3.63) is 35.8 Å². The summed E-state index contributed by atoms with van der Waals surface area (Å²) < 4.78 is 18.6. The molecule has 1 aliphatic heterocycles. The molecule has 2 unspecified atom stereocenters. The van der Waals surface area contributed by atoms with Crippen LogP contribution in [0.4, 0.5) is 4.39 Å². The molecule has 2 atom stereocenters. The molecule has 6 heteroatoms. The van der Waals surface area contributed by atoms with Crippen LogP contribution in [-0.4, -0.2) is 46.8 Å². The number of hydrogen-bond donors (Lipinski definition) is 2. The predicted molar refractivity (Wildman–Crippen MR) is 73.3 cm³/mol. The van der Waals surface area contributed by atoms with Gasteiger partial charge < -0.3 is 19.5 Å². The second-order valence-electron chi connectivity index (χ2n) is 5.37. The van der Waals surface area contributed by atoms with E-state index in [0.29, 0.717) is 23.9 Å². The molecule has 2 heterocycles. The van der Waals surface area contributed by atoms with Crippen LogP contribution in [0.25, 0.3) is 11.0 Å². The fourth-order valence-corrected chi connectivity index (χ4v) is 2.89. The van der Waals surface area contributed by atoms with Crippen LogP contribution < -0.4 is 0 Å². The third-order valence-electron chi connectivity index (χ3n) is 4.00. The van der Waals surface area contributed by atoms with E-state index in [0.717, 1.165) is 0 Å². The highest BCUT2D eigenvalue weighted by Crippen LogP contribution is 2.28. The molecule has 1 aromatic heterocycles. The van der Waals surface area contributed by atoms with Crippen LogP contribution in [-0.2, 0) is 0 Å². The van der Waals surface area contributed by atoms with Gasteiger partial charge in [0, 0.05) is 24.5 Å². The lowest BCUT2D eigenvalue weighted by Crippen LogP contribution is -2.37. The number of aliphatic hydroxyl groups is 2. The van der Waals surface area contributed by atoms with E-state index in [1.807, 2.05) is 0 Å². The molecule has 2 N–H and O–H groups in total. The van der Waals surface area contributed by atoms with Gasteiger partial charge >= 0.3 is 0 Å². The molecule has 0 aliphatic carbocycles. The van der Waals surface area contributed by atoms with Crippen LogP contribution in [0.2, 0.25) is 0 Å². The number of likely N-dealkylation sites (tertiary alicyclic amines) is 1. The summed E-state index contributed by atoms with van der Waals surface area (Å²) in [6.07, 6.45) is 1.87. The van der Waals surface area contributed by atoms with Crippen molar-refractivity contribution >= 4 is 16.9 Å². The number of halogens is 1. The van der Waals surface area contributed by atoms with Crippen molar-refractivity contribution in [2.45, 2.75) is 12.5 Å². The van der Waals surface area contributed by atoms with Gasteiger partial charge in [0.25, 0.3) is 5.91 Å². The highest BCUT2D eigenvalue weighted by molar-refractivity contribution is 6.06. The number of rotatable bonds is 3. The number of nitrogens with zero attached hydrogens (tertiary/aromatic N) is 1. The summed E-state index contributed by atoms with van der Waals surface area (Å²) in [5.41, 5.74) is 0.722. The van der Waals surface area contributed by atoms with Gasteiger partial charge in [0.2, 0.25) is 0 Å². The summed E-state index contributed by atoms with van der Waals surface area (Å²) in [4.78, 5) is 14.1. The van der Waals surface area contributed by atoms with Gasteiger partial charge in [-0.2, -0.15) is 0 Å². The molecule has 0 spiro atoms. The molecular formula is C15H16FNO4. The molecule has 5 nitrogen and oxygen atoms in total. The summed E-state index contributed by atoms with van der Waals surface area (Å²) in [6, 6.07) is 3.69. The summed E-state index contributed by atoms with van der Waals surface area (Å²) in [5.74, 6) is -0.790. The van der Waals surface area contributed by atoms with E-state index >= 15 is 0 Å². The second kappa shape index (κ2) is 5.46.